The Kier molecular flexibility index (Phi) is 4.86. The molecule has 0 aliphatic carbocycles. The van der Waals surface area contributed by atoms with Crippen LogP contribution in [-0.4, -0.2) is 29.5 Å². The van der Waals surface area contributed by atoms with Crippen LogP contribution in [0.5, 0.6) is 5.75 Å². The van der Waals surface area contributed by atoms with E-state index in [9.17, 15) is 4.79 Å². The molecule has 1 aromatic rings. The number of hydrogen-bond acceptors (Lipinski definition) is 2. The van der Waals surface area contributed by atoms with Crippen LogP contribution in [0.25, 0.3) is 0 Å². The van der Waals surface area contributed by atoms with E-state index in [4.69, 9.17) is 4.74 Å². The summed E-state index contributed by atoms with van der Waals surface area (Å²) >= 11 is 3.39. The summed E-state index contributed by atoms with van der Waals surface area (Å²) in [4.78, 5) is 14.2. The molecule has 19 heavy (non-hydrogen) atoms. The summed E-state index contributed by atoms with van der Waals surface area (Å²) in [6.45, 7) is 4.35. The SMILES string of the molecule is C[C@H]1CCC[C@H](C)N1C(=O)COc1cccc(Br)c1. The fraction of sp³-hybridized carbons (Fsp3) is 0.533. The van der Waals surface area contributed by atoms with Crippen molar-refractivity contribution in [3.63, 3.8) is 0 Å². The Morgan fingerprint density at radius 1 is 1.37 bits per heavy atom. The molecule has 2 atom stereocenters. The third-order valence-corrected chi connectivity index (χ3v) is 4.13. The molecule has 1 saturated heterocycles. The second-order valence-electron chi connectivity index (χ2n) is 5.18. The minimum Gasteiger partial charge on any atom is -0.484 e. The number of nitrogens with zero attached hydrogens (tertiary/aromatic N) is 1. The third-order valence-electron chi connectivity index (χ3n) is 3.64. The molecule has 104 valence electrons. The summed E-state index contributed by atoms with van der Waals surface area (Å²) in [6.07, 6.45) is 3.39. The number of piperidine rings is 1. The summed E-state index contributed by atoms with van der Waals surface area (Å²) in [5, 5.41) is 0. The molecule has 1 fully saturated rings. The van der Waals surface area contributed by atoms with Gasteiger partial charge in [0.15, 0.2) is 6.61 Å². The molecule has 0 radical (unpaired) electrons. The van der Waals surface area contributed by atoms with Crippen LogP contribution in [0.4, 0.5) is 0 Å². The van der Waals surface area contributed by atoms with Crippen molar-refractivity contribution < 1.29 is 9.53 Å². The first-order chi connectivity index (χ1) is 9.08. The Balaban J connectivity index is 1.93. The Morgan fingerprint density at radius 3 is 2.68 bits per heavy atom. The molecule has 4 heteroatoms. The molecule has 1 heterocycles. The number of benzene rings is 1. The maximum absolute atomic E-state index is 12.3. The van der Waals surface area contributed by atoms with Crippen LogP contribution in [0.2, 0.25) is 0 Å². The van der Waals surface area contributed by atoms with E-state index < -0.39 is 0 Å². The van der Waals surface area contributed by atoms with Crippen molar-refractivity contribution in [1.29, 1.82) is 0 Å². The van der Waals surface area contributed by atoms with Crippen LogP contribution in [-0.2, 0) is 4.79 Å². The lowest BCUT2D eigenvalue weighted by Gasteiger charge is -2.38. The molecule has 0 spiro atoms. The van der Waals surface area contributed by atoms with Gasteiger partial charge < -0.3 is 9.64 Å². The predicted molar refractivity (Wildman–Crippen MR) is 79.3 cm³/mol. The zero-order valence-corrected chi connectivity index (χ0v) is 13.0. The second kappa shape index (κ2) is 6.42. The van der Waals surface area contributed by atoms with Gasteiger partial charge in [-0.2, -0.15) is 0 Å². The van der Waals surface area contributed by atoms with E-state index in [-0.39, 0.29) is 12.5 Å². The average Bonchev–Trinajstić information content (AvgIpc) is 2.36. The molecule has 3 nitrogen and oxygen atoms in total. The highest BCUT2D eigenvalue weighted by atomic mass is 79.9. The fourth-order valence-corrected chi connectivity index (χ4v) is 3.07. The Labute approximate surface area is 123 Å². The van der Waals surface area contributed by atoms with E-state index in [2.05, 4.69) is 29.8 Å². The molecular formula is C15H20BrNO2. The van der Waals surface area contributed by atoms with Gasteiger partial charge in [0, 0.05) is 16.6 Å². The van der Waals surface area contributed by atoms with Gasteiger partial charge in [-0.25, -0.2) is 0 Å². The number of ether oxygens (including phenoxy) is 1. The highest BCUT2D eigenvalue weighted by Gasteiger charge is 2.28. The topological polar surface area (TPSA) is 29.5 Å². The van der Waals surface area contributed by atoms with Gasteiger partial charge in [0.2, 0.25) is 0 Å². The maximum atomic E-state index is 12.3. The Morgan fingerprint density at radius 2 is 2.05 bits per heavy atom. The normalized spacial score (nSPS) is 23.2. The summed E-state index contributed by atoms with van der Waals surface area (Å²) in [5.74, 6) is 0.805. The number of carbonyl (C=O) groups is 1. The first-order valence-electron chi connectivity index (χ1n) is 6.77. The van der Waals surface area contributed by atoms with Gasteiger partial charge in [-0.05, 0) is 51.3 Å². The predicted octanol–water partition coefficient (Wildman–Crippen LogP) is 3.62. The minimum absolute atomic E-state index is 0.0830. The molecule has 0 N–H and O–H groups in total. The summed E-state index contributed by atoms with van der Waals surface area (Å²) in [7, 11) is 0. The van der Waals surface area contributed by atoms with Gasteiger partial charge in [0.05, 0.1) is 0 Å². The van der Waals surface area contributed by atoms with E-state index in [0.717, 1.165) is 23.1 Å². The smallest absolute Gasteiger partial charge is 0.260 e. The van der Waals surface area contributed by atoms with Crippen molar-refractivity contribution in [3.8, 4) is 5.75 Å². The number of halogens is 1. The number of carbonyl (C=O) groups excluding carboxylic acids is 1. The van der Waals surface area contributed by atoms with Gasteiger partial charge in [-0.3, -0.25) is 4.79 Å². The molecule has 1 aliphatic rings. The molecule has 1 aromatic carbocycles. The quantitative estimate of drug-likeness (QED) is 0.849. The third kappa shape index (κ3) is 3.72. The lowest BCUT2D eigenvalue weighted by Crippen LogP contribution is -2.49. The van der Waals surface area contributed by atoms with E-state index in [1.165, 1.54) is 6.42 Å². The lowest BCUT2D eigenvalue weighted by molar-refractivity contribution is -0.139. The molecular weight excluding hydrogens is 306 g/mol. The lowest BCUT2D eigenvalue weighted by atomic mass is 9.97. The maximum Gasteiger partial charge on any atom is 0.260 e. The van der Waals surface area contributed by atoms with Gasteiger partial charge in [0.1, 0.15) is 5.75 Å². The van der Waals surface area contributed by atoms with Crippen molar-refractivity contribution in [1.82, 2.24) is 4.90 Å². The van der Waals surface area contributed by atoms with Crippen molar-refractivity contribution in [2.75, 3.05) is 6.61 Å². The summed E-state index contributed by atoms with van der Waals surface area (Å²) < 4.78 is 6.53. The van der Waals surface area contributed by atoms with E-state index in [1.807, 2.05) is 29.2 Å². The summed E-state index contributed by atoms with van der Waals surface area (Å²) in [6, 6.07) is 8.21. The van der Waals surface area contributed by atoms with Crippen LogP contribution in [0.1, 0.15) is 33.1 Å². The van der Waals surface area contributed by atoms with Crippen molar-refractivity contribution >= 4 is 21.8 Å². The van der Waals surface area contributed by atoms with Crippen LogP contribution >= 0.6 is 15.9 Å². The largest absolute Gasteiger partial charge is 0.484 e. The molecule has 2 rings (SSSR count). The van der Waals surface area contributed by atoms with Crippen LogP contribution in [0, 0.1) is 0 Å². The van der Waals surface area contributed by atoms with Gasteiger partial charge >= 0.3 is 0 Å². The van der Waals surface area contributed by atoms with E-state index in [1.54, 1.807) is 0 Å². The molecule has 0 saturated carbocycles. The van der Waals surface area contributed by atoms with E-state index in [0.29, 0.717) is 12.1 Å². The second-order valence-corrected chi connectivity index (χ2v) is 6.09. The zero-order chi connectivity index (χ0) is 13.8. The van der Waals surface area contributed by atoms with Crippen molar-refractivity contribution in [2.24, 2.45) is 0 Å². The molecule has 1 amide bonds. The van der Waals surface area contributed by atoms with Crippen LogP contribution < -0.4 is 4.74 Å². The van der Waals surface area contributed by atoms with Crippen LogP contribution in [0.3, 0.4) is 0 Å². The Bertz CT molecular complexity index is 440. The van der Waals surface area contributed by atoms with Crippen molar-refractivity contribution in [3.05, 3.63) is 28.7 Å². The average molecular weight is 326 g/mol. The monoisotopic (exact) mass is 325 g/mol. The zero-order valence-electron chi connectivity index (χ0n) is 11.4. The minimum atomic E-state index is 0.0830. The van der Waals surface area contributed by atoms with Gasteiger partial charge in [-0.1, -0.05) is 22.0 Å². The fourth-order valence-electron chi connectivity index (χ4n) is 2.69. The summed E-state index contributed by atoms with van der Waals surface area (Å²) in [5.41, 5.74) is 0. The molecule has 0 bridgehead atoms. The van der Waals surface area contributed by atoms with Gasteiger partial charge in [-0.15, -0.1) is 0 Å². The van der Waals surface area contributed by atoms with Gasteiger partial charge in [0.25, 0.3) is 5.91 Å². The first kappa shape index (κ1) is 14.4. The standard InChI is InChI=1S/C15H20BrNO2/c1-11-5-3-6-12(2)17(11)15(18)10-19-14-8-4-7-13(16)9-14/h4,7-9,11-12H,3,5-6,10H2,1-2H3/t11-,12-/m0/s1. The highest BCUT2D eigenvalue weighted by Crippen LogP contribution is 2.23. The van der Waals surface area contributed by atoms with Crippen molar-refractivity contribution in [2.45, 2.75) is 45.2 Å². The highest BCUT2D eigenvalue weighted by molar-refractivity contribution is 9.10. The molecule has 0 aromatic heterocycles. The number of amides is 1. The number of rotatable bonds is 3. The van der Waals surface area contributed by atoms with Crippen LogP contribution in [0.15, 0.2) is 28.7 Å². The molecule has 1 aliphatic heterocycles. The Hall–Kier alpha value is -1.03. The number of hydrogen-bond donors (Lipinski definition) is 0. The van der Waals surface area contributed by atoms with E-state index >= 15 is 0 Å². The molecule has 0 unspecified atom stereocenters. The number of likely N-dealkylation sites (tertiary alicyclic amines) is 1. The first-order valence-corrected chi connectivity index (χ1v) is 7.57.